The smallest absolute Gasteiger partial charge is 0.265 e. The minimum atomic E-state index is -0.132. The third kappa shape index (κ3) is 3.29. The number of para-hydroxylation sites is 2. The monoisotopic (exact) mass is 429 g/mol. The fourth-order valence-corrected chi connectivity index (χ4v) is 4.01. The van der Waals surface area contributed by atoms with Crippen molar-refractivity contribution < 1.29 is 9.47 Å². The summed E-state index contributed by atoms with van der Waals surface area (Å²) < 4.78 is 14.1. The predicted molar refractivity (Wildman–Crippen MR) is 123 cm³/mol. The van der Waals surface area contributed by atoms with Crippen LogP contribution < -0.4 is 10.3 Å². The van der Waals surface area contributed by atoms with Gasteiger partial charge in [0.15, 0.2) is 11.3 Å². The van der Waals surface area contributed by atoms with Gasteiger partial charge in [0.1, 0.15) is 22.5 Å². The summed E-state index contributed by atoms with van der Waals surface area (Å²) in [4.78, 5) is 28.0. The Labute approximate surface area is 184 Å². The molecule has 0 fully saturated rings. The van der Waals surface area contributed by atoms with Crippen LogP contribution in [0.1, 0.15) is 11.4 Å². The molecule has 8 nitrogen and oxygen atoms in total. The van der Waals surface area contributed by atoms with Gasteiger partial charge in [-0.3, -0.25) is 9.36 Å². The number of aryl methyl sites for hydroxylation is 1. The van der Waals surface area contributed by atoms with Crippen molar-refractivity contribution in [3.63, 3.8) is 0 Å². The summed E-state index contributed by atoms with van der Waals surface area (Å²) in [6.07, 6.45) is 0. The molecular weight excluding hydrogens is 406 g/mol. The SMILES string of the molecule is COCCn1c(C)nc2c(c1=O)c1nc3ccccc3nc1n2Cc1ccc(OC)cc1. The summed E-state index contributed by atoms with van der Waals surface area (Å²) in [7, 11) is 3.26. The zero-order valence-corrected chi connectivity index (χ0v) is 18.2. The number of aromatic nitrogens is 5. The quantitative estimate of drug-likeness (QED) is 0.412. The number of hydrogen-bond donors (Lipinski definition) is 0. The Balaban J connectivity index is 1.81. The van der Waals surface area contributed by atoms with E-state index in [4.69, 9.17) is 24.4 Å². The van der Waals surface area contributed by atoms with Gasteiger partial charge in [-0.2, -0.15) is 0 Å². The highest BCUT2D eigenvalue weighted by atomic mass is 16.5. The highest BCUT2D eigenvalue weighted by Crippen LogP contribution is 2.26. The van der Waals surface area contributed by atoms with Crippen LogP contribution in [0.2, 0.25) is 0 Å². The Kier molecular flexibility index (Phi) is 5.07. The first-order valence-electron chi connectivity index (χ1n) is 10.4. The van der Waals surface area contributed by atoms with Crippen molar-refractivity contribution in [2.45, 2.75) is 20.0 Å². The molecule has 0 saturated carbocycles. The van der Waals surface area contributed by atoms with E-state index in [9.17, 15) is 4.79 Å². The Morgan fingerprint density at radius 1 is 0.875 bits per heavy atom. The lowest BCUT2D eigenvalue weighted by Crippen LogP contribution is -2.26. The molecule has 0 amide bonds. The molecule has 0 radical (unpaired) electrons. The van der Waals surface area contributed by atoms with Crippen LogP contribution in [0.3, 0.4) is 0 Å². The van der Waals surface area contributed by atoms with Gasteiger partial charge < -0.3 is 14.0 Å². The third-order valence-corrected chi connectivity index (χ3v) is 5.66. The second-order valence-electron chi connectivity index (χ2n) is 7.63. The van der Waals surface area contributed by atoms with Crippen LogP contribution in [0.25, 0.3) is 33.2 Å². The van der Waals surface area contributed by atoms with Gasteiger partial charge in [-0.25, -0.2) is 15.0 Å². The molecule has 0 N–H and O–H groups in total. The molecule has 5 aromatic rings. The van der Waals surface area contributed by atoms with Gasteiger partial charge in [0.25, 0.3) is 5.56 Å². The molecule has 162 valence electrons. The topological polar surface area (TPSA) is 84.1 Å². The van der Waals surface area contributed by atoms with E-state index in [1.54, 1.807) is 18.8 Å². The minimum Gasteiger partial charge on any atom is -0.497 e. The highest BCUT2D eigenvalue weighted by Gasteiger charge is 2.21. The van der Waals surface area contributed by atoms with Crippen LogP contribution in [0.5, 0.6) is 5.75 Å². The van der Waals surface area contributed by atoms with Crippen LogP contribution in [0.4, 0.5) is 0 Å². The molecular formula is C24H23N5O3. The molecule has 8 heteroatoms. The Morgan fingerprint density at radius 2 is 1.59 bits per heavy atom. The lowest BCUT2D eigenvalue weighted by molar-refractivity contribution is 0.185. The summed E-state index contributed by atoms with van der Waals surface area (Å²) in [6.45, 7) is 3.19. The molecule has 32 heavy (non-hydrogen) atoms. The fraction of sp³-hybridized carbons (Fsp3) is 0.250. The van der Waals surface area contributed by atoms with Crippen LogP contribution in [-0.4, -0.2) is 44.9 Å². The maximum atomic E-state index is 13.5. The summed E-state index contributed by atoms with van der Waals surface area (Å²) in [6, 6.07) is 15.5. The number of rotatable bonds is 6. The molecule has 0 bridgehead atoms. The molecule has 3 heterocycles. The standard InChI is InChI=1S/C24H23N5O3/c1-15-25-22-20(24(30)28(15)12-13-31-2)21-23(27-19-7-5-4-6-18(19)26-21)29(22)14-16-8-10-17(32-3)11-9-16/h4-11H,12-14H2,1-3H3. The average Bonchev–Trinajstić information content (AvgIpc) is 3.10. The molecule has 0 aliphatic rings. The van der Waals surface area contributed by atoms with Gasteiger partial charge in [-0.1, -0.05) is 24.3 Å². The van der Waals surface area contributed by atoms with Crippen molar-refractivity contribution in [1.82, 2.24) is 24.1 Å². The van der Waals surface area contributed by atoms with E-state index < -0.39 is 0 Å². The van der Waals surface area contributed by atoms with Crippen LogP contribution in [0.15, 0.2) is 53.3 Å². The summed E-state index contributed by atoms with van der Waals surface area (Å²) in [5.74, 6) is 1.42. The number of methoxy groups -OCH3 is 2. The van der Waals surface area contributed by atoms with Crippen LogP contribution in [-0.2, 0) is 17.8 Å². The second-order valence-corrected chi connectivity index (χ2v) is 7.63. The first-order valence-corrected chi connectivity index (χ1v) is 10.4. The molecule has 0 unspecified atom stereocenters. The molecule has 3 aromatic heterocycles. The maximum Gasteiger partial charge on any atom is 0.265 e. The Morgan fingerprint density at radius 3 is 2.28 bits per heavy atom. The minimum absolute atomic E-state index is 0.132. The summed E-state index contributed by atoms with van der Waals surface area (Å²) >= 11 is 0. The Hall–Kier alpha value is -3.78. The normalized spacial score (nSPS) is 11.6. The number of benzene rings is 2. The molecule has 0 atom stereocenters. The number of nitrogens with zero attached hydrogens (tertiary/aromatic N) is 5. The molecule has 5 rings (SSSR count). The fourth-order valence-electron chi connectivity index (χ4n) is 4.01. The van der Waals surface area contributed by atoms with Crippen LogP contribution in [0, 0.1) is 6.92 Å². The van der Waals surface area contributed by atoms with E-state index in [0.717, 1.165) is 22.3 Å². The summed E-state index contributed by atoms with van der Waals surface area (Å²) in [5, 5.41) is 0.480. The molecule has 2 aromatic carbocycles. The third-order valence-electron chi connectivity index (χ3n) is 5.66. The van der Waals surface area contributed by atoms with Gasteiger partial charge in [0.05, 0.1) is 37.8 Å². The number of fused-ring (bicyclic) bond motifs is 4. The zero-order chi connectivity index (χ0) is 22.2. The first kappa shape index (κ1) is 20.1. The van der Waals surface area contributed by atoms with Crippen LogP contribution >= 0.6 is 0 Å². The van der Waals surface area contributed by atoms with E-state index in [1.165, 1.54) is 0 Å². The van der Waals surface area contributed by atoms with Gasteiger partial charge in [0.2, 0.25) is 0 Å². The van der Waals surface area contributed by atoms with Crippen molar-refractivity contribution in [3.8, 4) is 5.75 Å². The predicted octanol–water partition coefficient (Wildman–Crippen LogP) is 3.31. The lowest BCUT2D eigenvalue weighted by atomic mass is 10.2. The highest BCUT2D eigenvalue weighted by molar-refractivity contribution is 6.04. The van der Waals surface area contributed by atoms with Gasteiger partial charge in [-0.15, -0.1) is 0 Å². The average molecular weight is 429 g/mol. The van der Waals surface area contributed by atoms with Crippen molar-refractivity contribution in [3.05, 3.63) is 70.3 Å². The zero-order valence-electron chi connectivity index (χ0n) is 18.2. The van der Waals surface area contributed by atoms with Gasteiger partial charge >= 0.3 is 0 Å². The van der Waals surface area contributed by atoms with E-state index in [1.807, 2.05) is 60.0 Å². The van der Waals surface area contributed by atoms with E-state index in [2.05, 4.69) is 0 Å². The molecule has 0 saturated heterocycles. The van der Waals surface area contributed by atoms with Crippen molar-refractivity contribution in [2.75, 3.05) is 20.8 Å². The maximum absolute atomic E-state index is 13.5. The Bertz CT molecular complexity index is 1500. The van der Waals surface area contributed by atoms with Crippen molar-refractivity contribution in [2.24, 2.45) is 0 Å². The summed E-state index contributed by atoms with van der Waals surface area (Å²) in [5.41, 5.74) is 4.22. The van der Waals surface area contributed by atoms with Crippen molar-refractivity contribution >= 4 is 33.2 Å². The molecule has 0 aliphatic carbocycles. The first-order chi connectivity index (χ1) is 15.6. The molecule has 0 aliphatic heterocycles. The van der Waals surface area contributed by atoms with Crippen molar-refractivity contribution in [1.29, 1.82) is 0 Å². The van der Waals surface area contributed by atoms with E-state index in [-0.39, 0.29) is 5.56 Å². The van der Waals surface area contributed by atoms with E-state index in [0.29, 0.717) is 47.7 Å². The number of ether oxygens (including phenoxy) is 2. The second kappa shape index (κ2) is 8.05. The lowest BCUT2D eigenvalue weighted by Gasteiger charge is -2.11. The van der Waals surface area contributed by atoms with Gasteiger partial charge in [-0.05, 0) is 36.8 Å². The number of hydrogen-bond acceptors (Lipinski definition) is 6. The molecule has 0 spiro atoms. The van der Waals surface area contributed by atoms with E-state index >= 15 is 0 Å². The van der Waals surface area contributed by atoms with Gasteiger partial charge in [0, 0.05) is 7.11 Å². The largest absolute Gasteiger partial charge is 0.497 e.